The van der Waals surface area contributed by atoms with Crippen LogP contribution >= 0.6 is 0 Å². The summed E-state index contributed by atoms with van der Waals surface area (Å²) in [7, 11) is 1.88. The Morgan fingerprint density at radius 2 is 2.21 bits per heavy atom. The van der Waals surface area contributed by atoms with Crippen molar-refractivity contribution in [3.8, 4) is 0 Å². The van der Waals surface area contributed by atoms with E-state index in [1.807, 2.05) is 25.6 Å². The minimum Gasteiger partial charge on any atom is -0.377 e. The highest BCUT2D eigenvalue weighted by molar-refractivity contribution is 5.89. The molecular formula is C17H21FN4O2. The molecule has 24 heavy (non-hydrogen) atoms. The van der Waals surface area contributed by atoms with E-state index in [1.165, 1.54) is 12.1 Å². The number of urea groups is 1. The van der Waals surface area contributed by atoms with Gasteiger partial charge in [0.15, 0.2) is 0 Å². The molecule has 0 radical (unpaired) electrons. The number of anilines is 1. The molecule has 1 aliphatic heterocycles. The molecule has 1 aliphatic rings. The van der Waals surface area contributed by atoms with Crippen molar-refractivity contribution in [3.05, 3.63) is 47.0 Å². The topological polar surface area (TPSA) is 59.4 Å². The van der Waals surface area contributed by atoms with Crippen LogP contribution in [0.3, 0.4) is 0 Å². The average molecular weight is 332 g/mol. The molecule has 2 heterocycles. The van der Waals surface area contributed by atoms with E-state index < -0.39 is 0 Å². The van der Waals surface area contributed by atoms with Gasteiger partial charge in [-0.1, -0.05) is 6.07 Å². The van der Waals surface area contributed by atoms with Crippen molar-refractivity contribution in [1.82, 2.24) is 14.7 Å². The van der Waals surface area contributed by atoms with E-state index in [2.05, 4.69) is 10.4 Å². The van der Waals surface area contributed by atoms with Gasteiger partial charge in [-0.05, 0) is 32.0 Å². The summed E-state index contributed by atoms with van der Waals surface area (Å²) in [6, 6.07) is 5.40. The van der Waals surface area contributed by atoms with Crippen LogP contribution in [0.1, 0.15) is 23.0 Å². The van der Waals surface area contributed by atoms with Crippen LogP contribution in [0.2, 0.25) is 0 Å². The summed E-state index contributed by atoms with van der Waals surface area (Å²) in [5, 5.41) is 7.19. The van der Waals surface area contributed by atoms with Crippen molar-refractivity contribution in [2.75, 3.05) is 25.1 Å². The average Bonchev–Trinajstić information content (AvgIpc) is 2.80. The third-order valence-electron chi connectivity index (χ3n) is 4.36. The van der Waals surface area contributed by atoms with Gasteiger partial charge < -0.3 is 15.0 Å². The van der Waals surface area contributed by atoms with Gasteiger partial charge in [0, 0.05) is 30.5 Å². The first-order valence-electron chi connectivity index (χ1n) is 7.88. The molecule has 0 aliphatic carbocycles. The van der Waals surface area contributed by atoms with E-state index >= 15 is 0 Å². The second-order valence-electron chi connectivity index (χ2n) is 5.93. The number of carbonyl (C=O) groups is 1. The first-order valence-corrected chi connectivity index (χ1v) is 7.88. The van der Waals surface area contributed by atoms with Crippen molar-refractivity contribution < 1.29 is 13.9 Å². The fraction of sp³-hybridized carbons (Fsp3) is 0.412. The molecule has 7 heteroatoms. The number of aryl methyl sites for hydroxylation is 2. The number of morpholine rings is 1. The monoisotopic (exact) mass is 332 g/mol. The third-order valence-corrected chi connectivity index (χ3v) is 4.36. The molecule has 1 N–H and O–H groups in total. The molecule has 1 saturated heterocycles. The maximum Gasteiger partial charge on any atom is 0.322 e. The highest BCUT2D eigenvalue weighted by atomic mass is 19.1. The first-order chi connectivity index (χ1) is 11.5. The van der Waals surface area contributed by atoms with Gasteiger partial charge in [0.2, 0.25) is 0 Å². The van der Waals surface area contributed by atoms with Gasteiger partial charge in [-0.2, -0.15) is 5.10 Å². The highest BCUT2D eigenvalue weighted by Crippen LogP contribution is 2.29. The second kappa shape index (κ2) is 6.60. The molecule has 1 aromatic carbocycles. The summed E-state index contributed by atoms with van der Waals surface area (Å²) in [5.41, 5.74) is 3.33. The van der Waals surface area contributed by atoms with Crippen LogP contribution in [0.4, 0.5) is 14.9 Å². The number of halogens is 1. The molecule has 0 bridgehead atoms. The molecule has 128 valence electrons. The Hall–Kier alpha value is -2.41. The molecule has 1 atom stereocenters. The van der Waals surface area contributed by atoms with Crippen molar-refractivity contribution in [2.24, 2.45) is 7.05 Å². The summed E-state index contributed by atoms with van der Waals surface area (Å²) >= 11 is 0. The second-order valence-corrected chi connectivity index (χ2v) is 5.93. The Morgan fingerprint density at radius 3 is 2.88 bits per heavy atom. The van der Waals surface area contributed by atoms with E-state index in [9.17, 15) is 9.18 Å². The molecule has 0 spiro atoms. The van der Waals surface area contributed by atoms with Crippen LogP contribution in [0.5, 0.6) is 0 Å². The number of rotatable bonds is 2. The summed E-state index contributed by atoms with van der Waals surface area (Å²) in [4.78, 5) is 14.4. The van der Waals surface area contributed by atoms with Crippen LogP contribution in [-0.4, -0.2) is 40.5 Å². The number of amides is 2. The molecule has 3 rings (SSSR count). The molecule has 6 nitrogen and oxygen atoms in total. The molecule has 0 saturated carbocycles. The number of nitrogens with one attached hydrogen (secondary N) is 1. The van der Waals surface area contributed by atoms with Crippen molar-refractivity contribution >= 4 is 11.7 Å². The van der Waals surface area contributed by atoms with Crippen molar-refractivity contribution in [3.63, 3.8) is 0 Å². The van der Waals surface area contributed by atoms with Gasteiger partial charge in [0.25, 0.3) is 0 Å². The fourth-order valence-electron chi connectivity index (χ4n) is 3.12. The van der Waals surface area contributed by atoms with Crippen molar-refractivity contribution in [2.45, 2.75) is 19.9 Å². The Morgan fingerprint density at radius 1 is 1.42 bits per heavy atom. The predicted molar refractivity (Wildman–Crippen MR) is 88.4 cm³/mol. The number of aromatic nitrogens is 2. The molecule has 1 fully saturated rings. The van der Waals surface area contributed by atoms with E-state index in [0.29, 0.717) is 25.4 Å². The maximum atomic E-state index is 13.3. The maximum absolute atomic E-state index is 13.3. The zero-order valence-corrected chi connectivity index (χ0v) is 14.0. The van der Waals surface area contributed by atoms with Gasteiger partial charge in [-0.3, -0.25) is 4.68 Å². The number of carbonyl (C=O) groups excluding carboxylic acids is 1. The molecular weight excluding hydrogens is 311 g/mol. The summed E-state index contributed by atoms with van der Waals surface area (Å²) < 4.78 is 20.7. The smallest absolute Gasteiger partial charge is 0.322 e. The number of benzene rings is 1. The first kappa shape index (κ1) is 16.4. The standard InChI is InChI=1S/C17H21FN4O2/c1-11-16(12(2)21(3)20-11)15-10-24-8-7-22(15)17(23)19-14-6-4-5-13(18)9-14/h4-6,9,15H,7-8,10H2,1-3H3,(H,19,23). The number of nitrogens with zero attached hydrogens (tertiary/aromatic N) is 3. The van der Waals surface area contributed by atoms with Crippen LogP contribution < -0.4 is 5.32 Å². The lowest BCUT2D eigenvalue weighted by Gasteiger charge is -2.36. The Kier molecular flexibility index (Phi) is 4.53. The number of hydrogen-bond donors (Lipinski definition) is 1. The summed E-state index contributed by atoms with van der Waals surface area (Å²) in [6.45, 7) is 5.28. The van der Waals surface area contributed by atoms with Crippen LogP contribution in [0.15, 0.2) is 24.3 Å². The SMILES string of the molecule is Cc1nn(C)c(C)c1C1COCCN1C(=O)Nc1cccc(F)c1. The van der Waals surface area contributed by atoms with E-state index in [0.717, 1.165) is 17.0 Å². The minimum atomic E-state index is -0.384. The quantitative estimate of drug-likeness (QED) is 0.920. The summed E-state index contributed by atoms with van der Waals surface area (Å²) in [5.74, 6) is -0.384. The van der Waals surface area contributed by atoms with Crippen LogP contribution in [-0.2, 0) is 11.8 Å². The lowest BCUT2D eigenvalue weighted by Crippen LogP contribution is -2.45. The van der Waals surface area contributed by atoms with E-state index in [4.69, 9.17) is 4.74 Å². The molecule has 1 unspecified atom stereocenters. The Balaban J connectivity index is 1.85. The highest BCUT2D eigenvalue weighted by Gasteiger charge is 2.32. The van der Waals surface area contributed by atoms with E-state index in [1.54, 1.807) is 17.0 Å². The molecule has 2 amide bonds. The van der Waals surface area contributed by atoms with Gasteiger partial charge in [0.05, 0.1) is 24.9 Å². The van der Waals surface area contributed by atoms with Crippen LogP contribution in [0.25, 0.3) is 0 Å². The van der Waals surface area contributed by atoms with E-state index in [-0.39, 0.29) is 17.9 Å². The zero-order valence-electron chi connectivity index (χ0n) is 14.0. The zero-order chi connectivity index (χ0) is 17.3. The number of ether oxygens (including phenoxy) is 1. The van der Waals surface area contributed by atoms with Gasteiger partial charge in [-0.25, -0.2) is 9.18 Å². The van der Waals surface area contributed by atoms with Crippen LogP contribution in [0, 0.1) is 19.7 Å². The molecule has 2 aromatic rings. The van der Waals surface area contributed by atoms with Gasteiger partial charge in [0.1, 0.15) is 5.82 Å². The molecule has 1 aromatic heterocycles. The fourth-order valence-corrected chi connectivity index (χ4v) is 3.12. The third kappa shape index (κ3) is 3.12. The van der Waals surface area contributed by atoms with Gasteiger partial charge in [-0.15, -0.1) is 0 Å². The Bertz CT molecular complexity index is 759. The lowest BCUT2D eigenvalue weighted by atomic mass is 10.0. The number of hydrogen-bond acceptors (Lipinski definition) is 3. The predicted octanol–water partition coefficient (Wildman–Crippen LogP) is 2.78. The summed E-state index contributed by atoms with van der Waals surface area (Å²) in [6.07, 6.45) is 0. The van der Waals surface area contributed by atoms with Crippen molar-refractivity contribution in [1.29, 1.82) is 0 Å². The largest absolute Gasteiger partial charge is 0.377 e. The normalized spacial score (nSPS) is 17.8. The Labute approximate surface area is 140 Å². The minimum absolute atomic E-state index is 0.207. The van der Waals surface area contributed by atoms with Gasteiger partial charge >= 0.3 is 6.03 Å². The lowest BCUT2D eigenvalue weighted by molar-refractivity contribution is 0.0143.